The Balaban J connectivity index is 4.01. The minimum atomic E-state index is -0.0556. The Bertz CT molecular complexity index is 241. The van der Waals surface area contributed by atoms with Gasteiger partial charge in [0.1, 0.15) is 0 Å². The number of unbranched alkanes of at least 4 members (excludes halogenated alkanes) is 10. The van der Waals surface area contributed by atoms with Gasteiger partial charge in [0.15, 0.2) is 0 Å². The lowest BCUT2D eigenvalue weighted by Gasteiger charge is -2.42. The average molecular weight is 312 g/mol. The van der Waals surface area contributed by atoms with Crippen LogP contribution in [0.5, 0.6) is 0 Å². The number of nitrogens with two attached hydrogens (primary N) is 1. The summed E-state index contributed by atoms with van der Waals surface area (Å²) in [5.41, 5.74) is 6.79. The molecule has 2 N–H and O–H groups in total. The van der Waals surface area contributed by atoms with Crippen LogP contribution in [0.1, 0.15) is 125 Å². The van der Waals surface area contributed by atoms with Crippen LogP contribution in [-0.2, 0) is 0 Å². The van der Waals surface area contributed by atoms with E-state index in [9.17, 15) is 0 Å². The van der Waals surface area contributed by atoms with Gasteiger partial charge in [-0.1, -0.05) is 97.8 Å². The highest BCUT2D eigenvalue weighted by Crippen LogP contribution is 2.39. The lowest BCUT2D eigenvalue weighted by atomic mass is 9.67. The number of rotatable bonds is 15. The van der Waals surface area contributed by atoms with E-state index < -0.39 is 0 Å². The summed E-state index contributed by atoms with van der Waals surface area (Å²) in [6.45, 7) is 11.5. The van der Waals surface area contributed by atoms with Gasteiger partial charge < -0.3 is 5.73 Å². The van der Waals surface area contributed by atoms with Crippen molar-refractivity contribution in [2.75, 3.05) is 0 Å². The smallest absolute Gasteiger partial charge is 0.0151 e. The zero-order valence-electron chi connectivity index (χ0n) is 16.5. The van der Waals surface area contributed by atoms with Crippen molar-refractivity contribution in [1.29, 1.82) is 0 Å². The highest BCUT2D eigenvalue weighted by atomic mass is 14.8. The van der Waals surface area contributed by atoms with Gasteiger partial charge in [-0.25, -0.2) is 0 Å². The van der Waals surface area contributed by atoms with Crippen LogP contribution in [0.15, 0.2) is 0 Å². The first kappa shape index (κ1) is 22.0. The van der Waals surface area contributed by atoms with Crippen molar-refractivity contribution in [1.82, 2.24) is 0 Å². The van der Waals surface area contributed by atoms with Gasteiger partial charge in [0, 0.05) is 5.54 Å². The summed E-state index contributed by atoms with van der Waals surface area (Å²) in [4.78, 5) is 0. The minimum absolute atomic E-state index is 0.0556. The molecule has 0 amide bonds. The predicted molar refractivity (Wildman–Crippen MR) is 102 cm³/mol. The van der Waals surface area contributed by atoms with E-state index in [1.54, 1.807) is 0 Å². The first-order valence-corrected chi connectivity index (χ1v) is 10.2. The molecule has 134 valence electrons. The highest BCUT2D eigenvalue weighted by molar-refractivity contribution is 4.93. The van der Waals surface area contributed by atoms with E-state index in [1.807, 2.05) is 0 Å². The van der Waals surface area contributed by atoms with Crippen LogP contribution < -0.4 is 5.73 Å². The highest BCUT2D eigenvalue weighted by Gasteiger charge is 2.36. The van der Waals surface area contributed by atoms with E-state index in [4.69, 9.17) is 5.73 Å². The minimum Gasteiger partial charge on any atom is -0.325 e. The lowest BCUT2D eigenvalue weighted by Crippen LogP contribution is -2.49. The van der Waals surface area contributed by atoms with Crippen LogP contribution in [0.25, 0.3) is 0 Å². The summed E-state index contributed by atoms with van der Waals surface area (Å²) in [6, 6.07) is 0. The van der Waals surface area contributed by atoms with Gasteiger partial charge in [0.05, 0.1) is 0 Å². The van der Waals surface area contributed by atoms with Crippen LogP contribution >= 0.6 is 0 Å². The Labute approximate surface area is 141 Å². The van der Waals surface area contributed by atoms with E-state index in [0.717, 1.165) is 0 Å². The van der Waals surface area contributed by atoms with E-state index in [2.05, 4.69) is 34.6 Å². The van der Waals surface area contributed by atoms with Crippen molar-refractivity contribution in [3.8, 4) is 0 Å². The molecule has 0 aromatic rings. The second kappa shape index (κ2) is 12.4. The molecule has 1 unspecified atom stereocenters. The van der Waals surface area contributed by atoms with E-state index >= 15 is 0 Å². The molecule has 0 aromatic carbocycles. The molecule has 22 heavy (non-hydrogen) atoms. The second-order valence-electron chi connectivity index (χ2n) is 8.32. The molecule has 0 radical (unpaired) electrons. The Morgan fingerprint density at radius 1 is 0.545 bits per heavy atom. The van der Waals surface area contributed by atoms with E-state index in [-0.39, 0.29) is 5.54 Å². The van der Waals surface area contributed by atoms with Gasteiger partial charge >= 0.3 is 0 Å². The standard InChI is InChI=1S/C21H45N/c1-6-8-10-12-13-15-17-19-21(5,20(3,4)22)18-16-14-11-9-7-2/h6-19,22H2,1-5H3. The summed E-state index contributed by atoms with van der Waals surface area (Å²) in [7, 11) is 0. The molecule has 1 nitrogen and oxygen atoms in total. The monoisotopic (exact) mass is 311 g/mol. The maximum Gasteiger partial charge on any atom is 0.0151 e. The molecule has 0 bridgehead atoms. The Morgan fingerprint density at radius 2 is 0.864 bits per heavy atom. The molecule has 0 rings (SSSR count). The van der Waals surface area contributed by atoms with Crippen LogP contribution in [0.3, 0.4) is 0 Å². The lowest BCUT2D eigenvalue weighted by molar-refractivity contribution is 0.135. The predicted octanol–water partition coefficient (Wildman–Crippen LogP) is 7.23. The molecule has 0 saturated carbocycles. The fourth-order valence-electron chi connectivity index (χ4n) is 3.36. The third-order valence-corrected chi connectivity index (χ3v) is 5.72. The van der Waals surface area contributed by atoms with Gasteiger partial charge in [-0.05, 0) is 32.1 Å². The summed E-state index contributed by atoms with van der Waals surface area (Å²) in [6.07, 6.45) is 19.2. The molecule has 1 atom stereocenters. The maximum atomic E-state index is 6.54. The van der Waals surface area contributed by atoms with Crippen LogP contribution in [-0.4, -0.2) is 5.54 Å². The van der Waals surface area contributed by atoms with Crippen LogP contribution in [0.2, 0.25) is 0 Å². The Kier molecular flexibility index (Phi) is 12.4. The molecule has 0 saturated heterocycles. The summed E-state index contributed by atoms with van der Waals surface area (Å²) in [5, 5.41) is 0. The second-order valence-corrected chi connectivity index (χ2v) is 8.32. The topological polar surface area (TPSA) is 26.0 Å². The third kappa shape index (κ3) is 9.87. The maximum absolute atomic E-state index is 6.54. The Morgan fingerprint density at radius 3 is 1.18 bits per heavy atom. The van der Waals surface area contributed by atoms with E-state index in [0.29, 0.717) is 5.41 Å². The van der Waals surface area contributed by atoms with Crippen molar-refractivity contribution in [3.63, 3.8) is 0 Å². The molecule has 0 aromatic heterocycles. The molecule has 0 aliphatic heterocycles. The fraction of sp³-hybridized carbons (Fsp3) is 1.00. The molecule has 0 aliphatic rings. The van der Waals surface area contributed by atoms with Crippen molar-refractivity contribution < 1.29 is 0 Å². The third-order valence-electron chi connectivity index (χ3n) is 5.72. The molecule has 0 aliphatic carbocycles. The quantitative estimate of drug-likeness (QED) is 0.317. The van der Waals surface area contributed by atoms with Crippen LogP contribution in [0, 0.1) is 5.41 Å². The molecule has 0 fully saturated rings. The molecule has 1 heteroatoms. The largest absolute Gasteiger partial charge is 0.325 e. The summed E-state index contributed by atoms with van der Waals surface area (Å²) in [5.74, 6) is 0. The average Bonchev–Trinajstić information content (AvgIpc) is 2.45. The van der Waals surface area contributed by atoms with Crippen molar-refractivity contribution in [2.45, 2.75) is 130 Å². The van der Waals surface area contributed by atoms with Crippen molar-refractivity contribution in [3.05, 3.63) is 0 Å². The molecular formula is C21H45N. The van der Waals surface area contributed by atoms with Gasteiger partial charge in [-0.15, -0.1) is 0 Å². The fourth-order valence-corrected chi connectivity index (χ4v) is 3.36. The zero-order chi connectivity index (χ0) is 16.9. The van der Waals surface area contributed by atoms with Gasteiger partial charge in [-0.2, -0.15) is 0 Å². The zero-order valence-corrected chi connectivity index (χ0v) is 16.5. The first-order chi connectivity index (χ1) is 10.4. The normalized spacial score (nSPS) is 15.0. The van der Waals surface area contributed by atoms with E-state index in [1.165, 1.54) is 89.9 Å². The van der Waals surface area contributed by atoms with Gasteiger partial charge in [0.2, 0.25) is 0 Å². The Hall–Kier alpha value is -0.0400. The number of hydrogen-bond donors (Lipinski definition) is 1. The molecular weight excluding hydrogens is 266 g/mol. The van der Waals surface area contributed by atoms with Gasteiger partial charge in [-0.3, -0.25) is 0 Å². The first-order valence-electron chi connectivity index (χ1n) is 10.2. The van der Waals surface area contributed by atoms with Crippen LogP contribution in [0.4, 0.5) is 0 Å². The summed E-state index contributed by atoms with van der Waals surface area (Å²) >= 11 is 0. The van der Waals surface area contributed by atoms with Gasteiger partial charge in [0.25, 0.3) is 0 Å². The van der Waals surface area contributed by atoms with Crippen molar-refractivity contribution >= 4 is 0 Å². The molecule has 0 spiro atoms. The summed E-state index contributed by atoms with van der Waals surface area (Å²) < 4.78 is 0. The van der Waals surface area contributed by atoms with Crippen molar-refractivity contribution in [2.24, 2.45) is 11.1 Å². The molecule has 0 heterocycles. The SMILES string of the molecule is CCCCCCCCCC(C)(CCCCCCC)C(C)(C)N. The number of hydrogen-bond acceptors (Lipinski definition) is 1.